The fourth-order valence-corrected chi connectivity index (χ4v) is 2.65. The Balaban J connectivity index is 2.58. The molecule has 0 aromatic heterocycles. The second kappa shape index (κ2) is 7.12. The lowest BCUT2D eigenvalue weighted by Gasteiger charge is -2.32. The SMILES string of the molecule is CCOC(=O)C(F)(F)/C(C)=C(/B1OC(C)(C)C(C)(C)O1)c1ccccc1. The average molecular weight is 366 g/mol. The highest BCUT2D eigenvalue weighted by molar-refractivity contribution is 6.69. The van der Waals surface area contributed by atoms with Crippen molar-refractivity contribution in [1.82, 2.24) is 0 Å². The van der Waals surface area contributed by atoms with Gasteiger partial charge in [-0.15, -0.1) is 0 Å². The summed E-state index contributed by atoms with van der Waals surface area (Å²) in [6, 6.07) is 8.62. The van der Waals surface area contributed by atoms with Gasteiger partial charge in [-0.2, -0.15) is 8.78 Å². The Morgan fingerprint density at radius 1 is 1.12 bits per heavy atom. The molecule has 4 nitrogen and oxygen atoms in total. The first kappa shape index (κ1) is 20.6. The molecule has 0 N–H and O–H groups in total. The van der Waals surface area contributed by atoms with E-state index in [0.29, 0.717) is 5.56 Å². The van der Waals surface area contributed by atoms with E-state index in [9.17, 15) is 13.6 Å². The van der Waals surface area contributed by atoms with E-state index in [-0.39, 0.29) is 12.1 Å². The summed E-state index contributed by atoms with van der Waals surface area (Å²) in [4.78, 5) is 11.8. The van der Waals surface area contributed by atoms with Crippen LogP contribution in [0.25, 0.3) is 5.47 Å². The predicted molar refractivity (Wildman–Crippen MR) is 96.7 cm³/mol. The lowest BCUT2D eigenvalue weighted by molar-refractivity contribution is -0.165. The van der Waals surface area contributed by atoms with E-state index in [0.717, 1.165) is 0 Å². The van der Waals surface area contributed by atoms with Gasteiger partial charge in [0, 0.05) is 5.57 Å². The molecule has 0 unspecified atom stereocenters. The number of ether oxygens (including phenoxy) is 1. The quantitative estimate of drug-likeness (QED) is 0.576. The standard InChI is InChI=1S/C19H25BF2O4/c1-7-24-16(23)19(21,22)13(2)15(14-11-9-8-10-12-14)20-25-17(3,4)18(5,6)26-20/h8-12H,7H2,1-6H3/b15-13+. The van der Waals surface area contributed by atoms with Gasteiger partial charge >= 0.3 is 19.0 Å². The van der Waals surface area contributed by atoms with Crippen molar-refractivity contribution < 1.29 is 27.6 Å². The van der Waals surface area contributed by atoms with Gasteiger partial charge in [0.05, 0.1) is 17.8 Å². The van der Waals surface area contributed by atoms with E-state index in [1.165, 1.54) is 13.8 Å². The number of esters is 1. The van der Waals surface area contributed by atoms with Gasteiger partial charge in [-0.3, -0.25) is 0 Å². The molecule has 0 bridgehead atoms. The molecular weight excluding hydrogens is 341 g/mol. The van der Waals surface area contributed by atoms with E-state index in [1.807, 2.05) is 27.7 Å². The van der Waals surface area contributed by atoms with Crippen LogP contribution in [0.3, 0.4) is 0 Å². The predicted octanol–water partition coefficient (Wildman–Crippen LogP) is 4.29. The molecule has 142 valence electrons. The number of rotatable bonds is 5. The van der Waals surface area contributed by atoms with E-state index in [4.69, 9.17) is 9.31 Å². The first-order valence-electron chi connectivity index (χ1n) is 8.61. The van der Waals surface area contributed by atoms with Crippen molar-refractivity contribution in [2.45, 2.75) is 58.7 Å². The number of benzene rings is 1. The Kier molecular flexibility index (Phi) is 5.64. The van der Waals surface area contributed by atoms with Gasteiger partial charge < -0.3 is 14.0 Å². The highest BCUT2D eigenvalue weighted by Gasteiger charge is 2.55. The van der Waals surface area contributed by atoms with E-state index < -0.39 is 35.8 Å². The molecule has 0 spiro atoms. The van der Waals surface area contributed by atoms with Crippen molar-refractivity contribution in [3.63, 3.8) is 0 Å². The zero-order chi connectivity index (χ0) is 19.8. The largest absolute Gasteiger partial charge is 0.495 e. The van der Waals surface area contributed by atoms with Gasteiger partial charge in [0.25, 0.3) is 0 Å². The molecule has 2 rings (SSSR count). The molecule has 1 saturated heterocycles. The molecule has 0 radical (unpaired) electrons. The van der Waals surface area contributed by atoms with Gasteiger partial charge in [0.1, 0.15) is 0 Å². The molecule has 1 aliphatic heterocycles. The number of halogens is 2. The molecule has 1 aromatic rings. The third kappa shape index (κ3) is 3.69. The lowest BCUT2D eigenvalue weighted by atomic mass is 9.70. The summed E-state index contributed by atoms with van der Waals surface area (Å²) in [7, 11) is -1.03. The van der Waals surface area contributed by atoms with Crippen LogP contribution in [0.2, 0.25) is 0 Å². The molecule has 26 heavy (non-hydrogen) atoms. The second-order valence-corrected chi connectivity index (χ2v) is 7.29. The molecule has 0 atom stereocenters. The van der Waals surface area contributed by atoms with Gasteiger partial charge in [-0.25, -0.2) is 4.79 Å². The van der Waals surface area contributed by atoms with Crippen LogP contribution in [0.15, 0.2) is 35.9 Å². The summed E-state index contributed by atoms with van der Waals surface area (Å²) in [5, 5.41) is 0. The van der Waals surface area contributed by atoms with Crippen molar-refractivity contribution in [3.05, 3.63) is 41.5 Å². The summed E-state index contributed by atoms with van der Waals surface area (Å²) in [5.41, 5.74) is -1.19. The zero-order valence-corrected chi connectivity index (χ0v) is 16.1. The summed E-state index contributed by atoms with van der Waals surface area (Å²) < 4.78 is 46.0. The molecule has 1 fully saturated rings. The monoisotopic (exact) mass is 366 g/mol. The Labute approximate surface area is 153 Å². The summed E-state index contributed by atoms with van der Waals surface area (Å²) in [6.07, 6.45) is 0. The molecular formula is C19H25BF2O4. The molecule has 1 aliphatic rings. The average Bonchev–Trinajstić information content (AvgIpc) is 2.76. The van der Waals surface area contributed by atoms with Crippen LogP contribution in [0.4, 0.5) is 8.78 Å². The fraction of sp³-hybridized carbons (Fsp3) is 0.526. The molecule has 0 aliphatic carbocycles. The topological polar surface area (TPSA) is 44.8 Å². The maximum absolute atomic E-state index is 14.7. The van der Waals surface area contributed by atoms with Crippen LogP contribution in [0, 0.1) is 0 Å². The first-order valence-corrected chi connectivity index (χ1v) is 8.61. The number of hydrogen-bond donors (Lipinski definition) is 0. The third-order valence-corrected chi connectivity index (χ3v) is 4.98. The molecule has 7 heteroatoms. The number of alkyl halides is 2. The van der Waals surface area contributed by atoms with Crippen LogP contribution in [-0.2, 0) is 18.8 Å². The summed E-state index contributed by atoms with van der Waals surface area (Å²) in [5.74, 6) is -5.37. The van der Waals surface area contributed by atoms with Crippen LogP contribution >= 0.6 is 0 Å². The minimum absolute atomic E-state index is 0.126. The first-order chi connectivity index (χ1) is 11.9. The van der Waals surface area contributed by atoms with E-state index in [2.05, 4.69) is 4.74 Å². The number of carbonyl (C=O) groups is 1. The molecule has 1 heterocycles. The van der Waals surface area contributed by atoms with Gasteiger partial charge in [0.2, 0.25) is 0 Å². The van der Waals surface area contributed by atoms with E-state index in [1.54, 1.807) is 30.3 Å². The fourth-order valence-electron chi connectivity index (χ4n) is 2.65. The minimum Gasteiger partial charge on any atom is -0.461 e. The third-order valence-electron chi connectivity index (χ3n) is 4.98. The Morgan fingerprint density at radius 2 is 1.62 bits per heavy atom. The van der Waals surface area contributed by atoms with Crippen LogP contribution in [0.5, 0.6) is 0 Å². The lowest BCUT2D eigenvalue weighted by Crippen LogP contribution is -2.41. The molecule has 0 amide bonds. The number of hydrogen-bond acceptors (Lipinski definition) is 4. The molecule has 0 saturated carbocycles. The van der Waals surface area contributed by atoms with Crippen LogP contribution in [0.1, 0.15) is 47.1 Å². The minimum atomic E-state index is -3.79. The van der Waals surface area contributed by atoms with Crippen molar-refractivity contribution >= 4 is 18.6 Å². The van der Waals surface area contributed by atoms with Gasteiger partial charge in [0.15, 0.2) is 0 Å². The highest BCUT2D eigenvalue weighted by atomic mass is 19.3. The van der Waals surface area contributed by atoms with Crippen molar-refractivity contribution in [2.24, 2.45) is 0 Å². The number of carbonyl (C=O) groups excluding carboxylic acids is 1. The second-order valence-electron chi connectivity index (χ2n) is 7.29. The maximum atomic E-state index is 14.7. The summed E-state index contributed by atoms with van der Waals surface area (Å²) in [6.45, 7) is 9.94. The maximum Gasteiger partial charge on any atom is 0.495 e. The van der Waals surface area contributed by atoms with Crippen molar-refractivity contribution in [3.8, 4) is 0 Å². The molecule has 1 aromatic carbocycles. The van der Waals surface area contributed by atoms with Gasteiger partial charge in [-0.05, 0) is 52.6 Å². The van der Waals surface area contributed by atoms with Crippen LogP contribution in [-0.4, -0.2) is 36.8 Å². The van der Waals surface area contributed by atoms with Gasteiger partial charge in [-0.1, -0.05) is 30.3 Å². The Morgan fingerprint density at radius 3 is 2.08 bits per heavy atom. The Hall–Kier alpha value is -1.73. The van der Waals surface area contributed by atoms with Crippen LogP contribution < -0.4 is 0 Å². The zero-order valence-electron chi connectivity index (χ0n) is 16.1. The summed E-state index contributed by atoms with van der Waals surface area (Å²) >= 11 is 0. The van der Waals surface area contributed by atoms with Crippen molar-refractivity contribution in [2.75, 3.05) is 6.61 Å². The van der Waals surface area contributed by atoms with E-state index >= 15 is 0 Å². The normalized spacial score (nSPS) is 19.9. The Bertz CT molecular complexity index is 683. The smallest absolute Gasteiger partial charge is 0.461 e. The van der Waals surface area contributed by atoms with Crippen molar-refractivity contribution in [1.29, 1.82) is 0 Å². The highest BCUT2D eigenvalue weighted by Crippen LogP contribution is 2.43.